The zero-order chi connectivity index (χ0) is 15.2. The minimum atomic E-state index is -0.520. The van der Waals surface area contributed by atoms with E-state index in [1.54, 1.807) is 4.90 Å². The Balaban J connectivity index is 3.02. The van der Waals surface area contributed by atoms with Gasteiger partial charge in [-0.25, -0.2) is 4.79 Å². The Labute approximate surface area is 134 Å². The molecule has 3 nitrogen and oxygen atoms in total. The van der Waals surface area contributed by atoms with E-state index in [4.69, 9.17) is 4.74 Å². The lowest BCUT2D eigenvalue weighted by Crippen LogP contribution is -2.37. The van der Waals surface area contributed by atoms with Crippen LogP contribution in [0.25, 0.3) is 0 Å². The second kappa shape index (κ2) is 7.53. The predicted octanol–water partition coefficient (Wildman–Crippen LogP) is 4.45. The van der Waals surface area contributed by atoms with Crippen molar-refractivity contribution in [2.45, 2.75) is 39.7 Å². The van der Waals surface area contributed by atoms with E-state index >= 15 is 0 Å². The summed E-state index contributed by atoms with van der Waals surface area (Å²) in [5, 5.41) is 0. The molecule has 20 heavy (non-hydrogen) atoms. The number of halogens is 1. The number of para-hydroxylation sites is 1. The van der Waals surface area contributed by atoms with Crippen molar-refractivity contribution < 1.29 is 9.53 Å². The Morgan fingerprint density at radius 2 is 1.95 bits per heavy atom. The van der Waals surface area contributed by atoms with Crippen molar-refractivity contribution in [3.8, 4) is 11.8 Å². The molecule has 0 aliphatic carbocycles. The van der Waals surface area contributed by atoms with Crippen LogP contribution in [-0.2, 0) is 4.74 Å². The highest BCUT2D eigenvalue weighted by molar-refractivity contribution is 14.1. The van der Waals surface area contributed by atoms with Crippen LogP contribution in [0.2, 0.25) is 0 Å². The molecule has 0 saturated carbocycles. The molecule has 0 radical (unpaired) electrons. The summed E-state index contributed by atoms with van der Waals surface area (Å²) in [5.41, 5.74) is 0.307. The van der Waals surface area contributed by atoms with E-state index in [0.29, 0.717) is 6.54 Å². The fourth-order valence-corrected chi connectivity index (χ4v) is 2.17. The van der Waals surface area contributed by atoms with Gasteiger partial charge in [0.25, 0.3) is 0 Å². The van der Waals surface area contributed by atoms with Crippen LogP contribution in [0.15, 0.2) is 24.3 Å². The number of anilines is 1. The quantitative estimate of drug-likeness (QED) is 0.556. The molecule has 0 saturated heterocycles. The summed E-state index contributed by atoms with van der Waals surface area (Å²) in [6.45, 7) is 7.89. The molecule has 0 unspecified atom stereocenters. The molecule has 0 aromatic heterocycles. The van der Waals surface area contributed by atoms with Gasteiger partial charge in [0, 0.05) is 9.99 Å². The molecule has 0 aliphatic heterocycles. The Kier molecular flexibility index (Phi) is 6.34. The molecule has 0 fully saturated rings. The van der Waals surface area contributed by atoms with Crippen LogP contribution in [-0.4, -0.2) is 18.2 Å². The lowest BCUT2D eigenvalue weighted by molar-refractivity contribution is 0.0585. The van der Waals surface area contributed by atoms with Gasteiger partial charge in [0.05, 0.1) is 12.2 Å². The second-order valence-electron chi connectivity index (χ2n) is 5.23. The normalized spacial score (nSPS) is 10.4. The van der Waals surface area contributed by atoms with Crippen molar-refractivity contribution in [2.75, 3.05) is 11.4 Å². The Morgan fingerprint density at radius 3 is 2.50 bits per heavy atom. The van der Waals surface area contributed by atoms with E-state index < -0.39 is 5.60 Å². The number of hydrogen-bond acceptors (Lipinski definition) is 2. The van der Waals surface area contributed by atoms with Crippen molar-refractivity contribution >= 4 is 34.4 Å². The molecule has 0 N–H and O–H groups in total. The second-order valence-corrected chi connectivity index (χ2v) is 6.39. The van der Waals surface area contributed by atoms with Crippen LogP contribution >= 0.6 is 22.6 Å². The van der Waals surface area contributed by atoms with Crippen LogP contribution in [0.4, 0.5) is 10.5 Å². The molecular weight excluding hydrogens is 365 g/mol. The van der Waals surface area contributed by atoms with Crippen LogP contribution < -0.4 is 4.90 Å². The third kappa shape index (κ3) is 5.41. The summed E-state index contributed by atoms with van der Waals surface area (Å²) in [4.78, 5) is 13.9. The predicted molar refractivity (Wildman–Crippen MR) is 90.8 cm³/mol. The zero-order valence-electron chi connectivity index (χ0n) is 12.4. The number of rotatable bonds is 2. The summed E-state index contributed by atoms with van der Waals surface area (Å²) >= 11 is 2.21. The molecule has 0 aliphatic rings. The highest BCUT2D eigenvalue weighted by atomic mass is 127. The third-order valence-electron chi connectivity index (χ3n) is 2.30. The average molecular weight is 385 g/mol. The fraction of sp³-hybridized carbons (Fsp3) is 0.438. The van der Waals surface area contributed by atoms with Gasteiger partial charge in [-0.15, -0.1) is 5.92 Å². The van der Waals surface area contributed by atoms with Crippen molar-refractivity contribution in [3.63, 3.8) is 0 Å². The van der Waals surface area contributed by atoms with Crippen LogP contribution in [0.5, 0.6) is 0 Å². The van der Waals surface area contributed by atoms with Crippen molar-refractivity contribution in [3.05, 3.63) is 27.8 Å². The molecule has 1 aromatic rings. The van der Waals surface area contributed by atoms with E-state index in [2.05, 4.69) is 34.4 Å². The van der Waals surface area contributed by atoms with E-state index in [1.165, 1.54) is 0 Å². The molecule has 1 amide bonds. The summed E-state index contributed by atoms with van der Waals surface area (Å²) < 4.78 is 6.45. The van der Waals surface area contributed by atoms with Gasteiger partial charge < -0.3 is 4.74 Å². The van der Waals surface area contributed by atoms with Crippen LogP contribution in [0.3, 0.4) is 0 Å². The zero-order valence-corrected chi connectivity index (χ0v) is 14.5. The minimum absolute atomic E-state index is 0.336. The summed E-state index contributed by atoms with van der Waals surface area (Å²) in [5.74, 6) is 5.98. The first-order valence-electron chi connectivity index (χ1n) is 6.56. The number of hydrogen-bond donors (Lipinski definition) is 0. The number of ether oxygens (including phenoxy) is 1. The van der Waals surface area contributed by atoms with Crippen LogP contribution in [0.1, 0.15) is 34.1 Å². The first-order chi connectivity index (χ1) is 9.35. The highest BCUT2D eigenvalue weighted by Crippen LogP contribution is 2.23. The lowest BCUT2D eigenvalue weighted by atomic mass is 10.2. The highest BCUT2D eigenvalue weighted by Gasteiger charge is 2.23. The number of amides is 1. The Bertz CT molecular complexity index is 523. The first-order valence-corrected chi connectivity index (χ1v) is 7.64. The molecule has 1 aromatic carbocycles. The maximum absolute atomic E-state index is 12.3. The molecule has 0 heterocycles. The van der Waals surface area contributed by atoms with Gasteiger partial charge in [0.1, 0.15) is 5.60 Å². The summed E-state index contributed by atoms with van der Waals surface area (Å²) in [6.07, 6.45) is 0.403. The number of benzene rings is 1. The number of carbonyl (C=O) groups excluding carboxylic acids is 1. The van der Waals surface area contributed by atoms with Gasteiger partial charge >= 0.3 is 6.09 Å². The van der Waals surface area contributed by atoms with Gasteiger partial charge in [-0.3, -0.25) is 4.90 Å². The lowest BCUT2D eigenvalue weighted by Gasteiger charge is -2.26. The van der Waals surface area contributed by atoms with Crippen molar-refractivity contribution in [1.29, 1.82) is 0 Å². The van der Waals surface area contributed by atoms with Crippen LogP contribution in [0, 0.1) is 15.4 Å². The van der Waals surface area contributed by atoms with E-state index in [1.807, 2.05) is 52.0 Å². The smallest absolute Gasteiger partial charge is 0.415 e. The molecule has 108 valence electrons. The molecule has 1 rings (SSSR count). The summed E-state index contributed by atoms with van der Waals surface area (Å²) in [7, 11) is 0. The molecule has 0 spiro atoms. The molecule has 0 atom stereocenters. The van der Waals surface area contributed by atoms with Crippen molar-refractivity contribution in [1.82, 2.24) is 0 Å². The maximum Gasteiger partial charge on any atom is 0.415 e. The largest absolute Gasteiger partial charge is 0.443 e. The first kappa shape index (κ1) is 16.8. The topological polar surface area (TPSA) is 29.5 Å². The molecular formula is C16H20INO2. The van der Waals surface area contributed by atoms with Gasteiger partial charge in [0.15, 0.2) is 0 Å². The Morgan fingerprint density at radius 1 is 1.30 bits per heavy atom. The van der Waals surface area contributed by atoms with Gasteiger partial charge in [-0.05, 0) is 55.5 Å². The van der Waals surface area contributed by atoms with E-state index in [9.17, 15) is 4.79 Å². The van der Waals surface area contributed by atoms with E-state index in [-0.39, 0.29) is 6.09 Å². The van der Waals surface area contributed by atoms with Gasteiger partial charge in [0.2, 0.25) is 0 Å². The molecule has 4 heteroatoms. The molecule has 0 bridgehead atoms. The maximum atomic E-state index is 12.3. The van der Waals surface area contributed by atoms with Gasteiger partial charge in [-0.2, -0.15) is 0 Å². The third-order valence-corrected chi connectivity index (χ3v) is 3.21. The monoisotopic (exact) mass is 385 g/mol. The summed E-state index contributed by atoms with van der Waals surface area (Å²) in [6, 6.07) is 7.71. The SMILES string of the molecule is CCC#CCN(C(=O)OC(C)(C)C)c1ccccc1I. The Hall–Kier alpha value is -1.22. The number of carbonyl (C=O) groups is 1. The van der Waals surface area contributed by atoms with Crippen molar-refractivity contribution in [2.24, 2.45) is 0 Å². The van der Waals surface area contributed by atoms with E-state index in [0.717, 1.165) is 15.7 Å². The van der Waals surface area contributed by atoms with Gasteiger partial charge in [-0.1, -0.05) is 25.0 Å². The average Bonchev–Trinajstić information content (AvgIpc) is 2.34. The minimum Gasteiger partial charge on any atom is -0.443 e. The fourth-order valence-electron chi connectivity index (χ4n) is 1.50. The number of nitrogens with zero attached hydrogens (tertiary/aromatic N) is 1. The standard InChI is InChI=1S/C16H20INO2/c1-5-6-9-12-18(15(19)20-16(2,3)4)14-11-8-7-10-13(14)17/h7-8,10-11H,5,12H2,1-4H3.